The Kier molecular flexibility index (Phi) is 4.94. The van der Waals surface area contributed by atoms with Crippen molar-refractivity contribution in [1.29, 1.82) is 0 Å². The summed E-state index contributed by atoms with van der Waals surface area (Å²) in [4.78, 5) is 11.1. The fourth-order valence-electron chi connectivity index (χ4n) is 3.68. The molecule has 0 unspecified atom stereocenters. The van der Waals surface area contributed by atoms with Crippen molar-refractivity contribution in [2.24, 2.45) is 0 Å². The van der Waals surface area contributed by atoms with E-state index in [0.29, 0.717) is 12.1 Å². The Morgan fingerprint density at radius 1 is 1.24 bits per heavy atom. The van der Waals surface area contributed by atoms with E-state index in [1.165, 1.54) is 23.4 Å². The van der Waals surface area contributed by atoms with Crippen molar-refractivity contribution in [2.75, 3.05) is 25.5 Å². The molecule has 2 aliphatic rings. The molecule has 1 aliphatic carbocycles. The molecule has 0 saturated carbocycles. The van der Waals surface area contributed by atoms with Crippen molar-refractivity contribution < 1.29 is 4.74 Å². The van der Waals surface area contributed by atoms with Crippen LogP contribution < -0.4 is 5.32 Å². The van der Waals surface area contributed by atoms with E-state index < -0.39 is 0 Å². The third-order valence-electron chi connectivity index (χ3n) is 4.98. The first-order valence-electron chi connectivity index (χ1n) is 9.18. The summed E-state index contributed by atoms with van der Waals surface area (Å²) in [6.07, 6.45) is 9.90. The molecule has 0 amide bonds. The predicted octanol–water partition coefficient (Wildman–Crippen LogP) is 1.91. The first-order valence-corrected chi connectivity index (χ1v) is 9.18. The van der Waals surface area contributed by atoms with Crippen LogP contribution in [0.1, 0.15) is 41.8 Å². The van der Waals surface area contributed by atoms with Gasteiger partial charge in [0.2, 0.25) is 5.95 Å². The fraction of sp³-hybridized carbons (Fsp3) is 0.611. The molecule has 2 N–H and O–H groups in total. The van der Waals surface area contributed by atoms with Crippen molar-refractivity contribution in [1.82, 2.24) is 25.1 Å². The third-order valence-corrected chi connectivity index (χ3v) is 4.98. The van der Waals surface area contributed by atoms with Crippen LogP contribution in [0.4, 0.5) is 5.95 Å². The fourth-order valence-corrected chi connectivity index (χ4v) is 3.68. The van der Waals surface area contributed by atoms with Gasteiger partial charge < -0.3 is 10.1 Å². The van der Waals surface area contributed by atoms with Crippen LogP contribution in [0, 0.1) is 0 Å². The van der Waals surface area contributed by atoms with Crippen LogP contribution in [0.15, 0.2) is 12.4 Å². The van der Waals surface area contributed by atoms with Crippen molar-refractivity contribution in [2.45, 2.75) is 51.3 Å². The zero-order chi connectivity index (χ0) is 17.1. The highest BCUT2D eigenvalue weighted by Crippen LogP contribution is 2.23. The zero-order valence-electron chi connectivity index (χ0n) is 14.8. The quantitative estimate of drug-likeness (QED) is 0.800. The lowest BCUT2D eigenvalue weighted by molar-refractivity contribution is 0.120. The first kappa shape index (κ1) is 16.5. The van der Waals surface area contributed by atoms with E-state index in [1.54, 1.807) is 0 Å². The molecule has 2 aromatic heterocycles. The number of aromatic nitrogens is 4. The van der Waals surface area contributed by atoms with Gasteiger partial charge in [0.1, 0.15) is 0 Å². The molecule has 0 aromatic carbocycles. The predicted molar refractivity (Wildman–Crippen MR) is 95.3 cm³/mol. The summed E-state index contributed by atoms with van der Waals surface area (Å²) in [6.45, 7) is 3.32. The minimum Gasteiger partial charge on any atom is -0.376 e. The van der Waals surface area contributed by atoms with Gasteiger partial charge in [0.05, 0.1) is 11.8 Å². The molecule has 25 heavy (non-hydrogen) atoms. The van der Waals surface area contributed by atoms with E-state index in [0.717, 1.165) is 57.5 Å². The zero-order valence-corrected chi connectivity index (χ0v) is 14.8. The number of anilines is 1. The Morgan fingerprint density at radius 3 is 2.92 bits per heavy atom. The van der Waals surface area contributed by atoms with Gasteiger partial charge in [-0.1, -0.05) is 0 Å². The number of nitrogens with one attached hydrogen (secondary N) is 2. The van der Waals surface area contributed by atoms with Gasteiger partial charge in [-0.25, -0.2) is 9.97 Å². The maximum Gasteiger partial charge on any atom is 0.222 e. The summed E-state index contributed by atoms with van der Waals surface area (Å²) in [6, 6.07) is 0. The highest BCUT2D eigenvalue weighted by atomic mass is 16.5. The van der Waals surface area contributed by atoms with Crippen LogP contribution >= 0.6 is 0 Å². The molecule has 0 radical (unpaired) electrons. The molecule has 2 aromatic rings. The molecule has 1 saturated heterocycles. The number of aryl methyl sites for hydroxylation is 1. The standard InChI is InChI=1S/C18H26N6O/c1-24(12-17-15-5-2-6-16(15)22-23-17)11-13-8-19-18(20-9-13)21-10-14-4-3-7-25-14/h8-9,14H,2-7,10-12H2,1H3,(H,22,23)(H,19,20,21)/t14-/m0/s1. The summed E-state index contributed by atoms with van der Waals surface area (Å²) in [5, 5.41) is 10.9. The molecular formula is C18H26N6O. The second kappa shape index (κ2) is 7.49. The maximum atomic E-state index is 5.60. The van der Waals surface area contributed by atoms with Crippen molar-refractivity contribution in [3.8, 4) is 0 Å². The maximum absolute atomic E-state index is 5.60. The van der Waals surface area contributed by atoms with Crippen LogP contribution in [-0.2, 0) is 30.7 Å². The lowest BCUT2D eigenvalue weighted by Crippen LogP contribution is -2.20. The number of rotatable bonds is 7. The number of ether oxygens (including phenoxy) is 1. The van der Waals surface area contributed by atoms with Gasteiger partial charge in [0, 0.05) is 49.9 Å². The Hall–Kier alpha value is -1.99. The summed E-state index contributed by atoms with van der Waals surface area (Å²) >= 11 is 0. The van der Waals surface area contributed by atoms with E-state index in [1.807, 2.05) is 12.4 Å². The van der Waals surface area contributed by atoms with E-state index in [2.05, 4.69) is 37.4 Å². The SMILES string of the molecule is CN(Cc1cnc(NC[C@@H]2CCCO2)nc1)Cc1n[nH]c2c1CCC2. The molecule has 1 atom stereocenters. The van der Waals surface area contributed by atoms with Crippen LogP contribution in [0.25, 0.3) is 0 Å². The number of H-pyrrole nitrogens is 1. The summed E-state index contributed by atoms with van der Waals surface area (Å²) < 4.78 is 5.60. The molecule has 7 nitrogen and oxygen atoms in total. The smallest absolute Gasteiger partial charge is 0.222 e. The Morgan fingerprint density at radius 2 is 2.12 bits per heavy atom. The second-order valence-electron chi connectivity index (χ2n) is 7.08. The topological polar surface area (TPSA) is 79.0 Å². The van der Waals surface area contributed by atoms with E-state index >= 15 is 0 Å². The number of hydrogen-bond acceptors (Lipinski definition) is 6. The number of fused-ring (bicyclic) bond motifs is 1. The van der Waals surface area contributed by atoms with Gasteiger partial charge >= 0.3 is 0 Å². The van der Waals surface area contributed by atoms with Gasteiger partial charge in [-0.15, -0.1) is 0 Å². The molecule has 0 bridgehead atoms. The normalized spacial score (nSPS) is 19.5. The Bertz CT molecular complexity index is 692. The highest BCUT2D eigenvalue weighted by molar-refractivity contribution is 5.29. The monoisotopic (exact) mass is 342 g/mol. The molecule has 3 heterocycles. The van der Waals surface area contributed by atoms with E-state index in [-0.39, 0.29) is 0 Å². The van der Waals surface area contributed by atoms with Gasteiger partial charge in [0.25, 0.3) is 0 Å². The van der Waals surface area contributed by atoms with Gasteiger partial charge in [-0.3, -0.25) is 10.00 Å². The molecule has 7 heteroatoms. The molecule has 4 rings (SSSR count). The summed E-state index contributed by atoms with van der Waals surface area (Å²) in [5.41, 5.74) is 5.05. The number of aromatic amines is 1. The van der Waals surface area contributed by atoms with Crippen molar-refractivity contribution in [3.63, 3.8) is 0 Å². The average Bonchev–Trinajstić information content (AvgIpc) is 3.34. The van der Waals surface area contributed by atoms with Gasteiger partial charge in [-0.05, 0) is 44.7 Å². The molecule has 1 aliphatic heterocycles. The van der Waals surface area contributed by atoms with E-state index in [4.69, 9.17) is 4.74 Å². The first-order chi connectivity index (χ1) is 12.3. The summed E-state index contributed by atoms with van der Waals surface area (Å²) in [7, 11) is 2.11. The van der Waals surface area contributed by atoms with Crippen LogP contribution in [0.5, 0.6) is 0 Å². The minimum atomic E-state index is 0.296. The molecule has 0 spiro atoms. The average molecular weight is 342 g/mol. The van der Waals surface area contributed by atoms with Crippen molar-refractivity contribution in [3.05, 3.63) is 34.9 Å². The van der Waals surface area contributed by atoms with Gasteiger partial charge in [0.15, 0.2) is 0 Å². The Labute approximate surface area is 148 Å². The summed E-state index contributed by atoms with van der Waals surface area (Å²) in [5.74, 6) is 0.673. The van der Waals surface area contributed by atoms with Gasteiger partial charge in [-0.2, -0.15) is 5.10 Å². The van der Waals surface area contributed by atoms with E-state index in [9.17, 15) is 0 Å². The largest absolute Gasteiger partial charge is 0.376 e. The van der Waals surface area contributed by atoms with Crippen LogP contribution in [0.2, 0.25) is 0 Å². The number of nitrogens with zero attached hydrogens (tertiary/aromatic N) is 4. The Balaban J connectivity index is 1.28. The molecule has 1 fully saturated rings. The second-order valence-corrected chi connectivity index (χ2v) is 7.08. The lowest BCUT2D eigenvalue weighted by atomic mass is 10.2. The van der Waals surface area contributed by atoms with Crippen LogP contribution in [-0.4, -0.2) is 51.4 Å². The van der Waals surface area contributed by atoms with Crippen molar-refractivity contribution >= 4 is 5.95 Å². The highest BCUT2D eigenvalue weighted by Gasteiger charge is 2.19. The lowest BCUT2D eigenvalue weighted by Gasteiger charge is -2.16. The molecular weight excluding hydrogens is 316 g/mol. The minimum absolute atomic E-state index is 0.296. The third kappa shape index (κ3) is 3.99. The van der Waals surface area contributed by atoms with Crippen LogP contribution in [0.3, 0.4) is 0 Å². The molecule has 134 valence electrons. The number of hydrogen-bond donors (Lipinski definition) is 2.